The van der Waals surface area contributed by atoms with E-state index in [9.17, 15) is 9.59 Å². The molecule has 30 heavy (non-hydrogen) atoms. The van der Waals surface area contributed by atoms with E-state index in [2.05, 4.69) is 10.7 Å². The fraction of sp³-hybridized carbons (Fsp3) is 0.391. The van der Waals surface area contributed by atoms with Gasteiger partial charge in [0, 0.05) is 24.2 Å². The van der Waals surface area contributed by atoms with Gasteiger partial charge in [0.15, 0.2) is 6.61 Å². The average Bonchev–Trinajstić information content (AvgIpc) is 3.18. The molecule has 1 aliphatic rings. The quantitative estimate of drug-likeness (QED) is 0.602. The molecule has 1 amide bonds. The number of thiophene rings is 1. The van der Waals surface area contributed by atoms with E-state index in [-0.39, 0.29) is 18.1 Å². The second-order valence-corrected chi connectivity index (χ2v) is 8.97. The number of amides is 1. The van der Waals surface area contributed by atoms with Crippen LogP contribution in [0.15, 0.2) is 38.2 Å². The third kappa shape index (κ3) is 4.36. The Hall–Kier alpha value is -2.80. The molecule has 6 nitrogen and oxygen atoms in total. The molecule has 2 aromatic heterocycles. The van der Waals surface area contributed by atoms with Crippen molar-refractivity contribution < 1.29 is 18.7 Å². The maximum atomic E-state index is 12.3. The molecule has 0 saturated carbocycles. The van der Waals surface area contributed by atoms with E-state index in [1.165, 1.54) is 11.6 Å². The van der Waals surface area contributed by atoms with E-state index in [1.807, 2.05) is 38.3 Å². The maximum Gasteiger partial charge on any atom is 0.336 e. The lowest BCUT2D eigenvalue weighted by Crippen LogP contribution is -2.33. The van der Waals surface area contributed by atoms with Crippen LogP contribution >= 0.6 is 11.3 Å². The van der Waals surface area contributed by atoms with Crippen LogP contribution in [0.25, 0.3) is 11.0 Å². The largest absolute Gasteiger partial charge is 0.487 e. The molecule has 0 radical (unpaired) electrons. The predicted molar refractivity (Wildman–Crippen MR) is 117 cm³/mol. The molecule has 0 aliphatic carbocycles. The molecule has 0 bridgehead atoms. The maximum absolute atomic E-state index is 12.3. The SMILES string of the molecule is Cc1cc(=O)oc2c3c(cc(OCC(=O)NCCc4ccsc4)c12)OC(C)(C)CC3. The van der Waals surface area contributed by atoms with E-state index >= 15 is 0 Å². The highest BCUT2D eigenvalue weighted by molar-refractivity contribution is 7.07. The highest BCUT2D eigenvalue weighted by atomic mass is 32.1. The predicted octanol–water partition coefficient (Wildman–Crippen LogP) is 4.00. The molecular weight excluding hydrogens is 402 g/mol. The first-order valence-corrected chi connectivity index (χ1v) is 11.0. The first-order valence-electron chi connectivity index (χ1n) is 10.0. The number of ether oxygens (including phenoxy) is 2. The number of aryl methyl sites for hydroxylation is 2. The summed E-state index contributed by atoms with van der Waals surface area (Å²) in [6, 6.07) is 5.30. The third-order valence-corrected chi connectivity index (χ3v) is 6.01. The van der Waals surface area contributed by atoms with Crippen LogP contribution in [-0.2, 0) is 17.6 Å². The van der Waals surface area contributed by atoms with Crippen molar-refractivity contribution in [2.24, 2.45) is 0 Å². The summed E-state index contributed by atoms with van der Waals surface area (Å²) in [5.41, 5.74) is 2.59. The Morgan fingerprint density at radius 2 is 2.17 bits per heavy atom. The number of fused-ring (bicyclic) bond motifs is 3. The summed E-state index contributed by atoms with van der Waals surface area (Å²) in [7, 11) is 0. The highest BCUT2D eigenvalue weighted by Crippen LogP contribution is 2.42. The van der Waals surface area contributed by atoms with Crippen LogP contribution in [0.1, 0.15) is 37.0 Å². The molecule has 4 rings (SSSR count). The van der Waals surface area contributed by atoms with Gasteiger partial charge in [0.2, 0.25) is 0 Å². The zero-order valence-corrected chi connectivity index (χ0v) is 18.2. The molecule has 158 valence electrons. The van der Waals surface area contributed by atoms with Gasteiger partial charge >= 0.3 is 5.63 Å². The number of carbonyl (C=O) groups excluding carboxylic acids is 1. The summed E-state index contributed by atoms with van der Waals surface area (Å²) in [6.45, 7) is 6.31. The molecule has 0 saturated heterocycles. The monoisotopic (exact) mass is 427 g/mol. The second kappa shape index (κ2) is 8.14. The molecule has 3 heterocycles. The van der Waals surface area contributed by atoms with Crippen molar-refractivity contribution in [1.29, 1.82) is 0 Å². The summed E-state index contributed by atoms with van der Waals surface area (Å²) >= 11 is 1.64. The number of carbonyl (C=O) groups is 1. The first-order chi connectivity index (χ1) is 14.3. The van der Waals surface area contributed by atoms with Gasteiger partial charge in [-0.3, -0.25) is 4.79 Å². The molecule has 1 N–H and O–H groups in total. The van der Waals surface area contributed by atoms with Crippen molar-refractivity contribution >= 4 is 28.2 Å². The fourth-order valence-corrected chi connectivity index (χ4v) is 4.41. The lowest BCUT2D eigenvalue weighted by Gasteiger charge is -2.33. The van der Waals surface area contributed by atoms with Crippen molar-refractivity contribution in [2.75, 3.05) is 13.2 Å². The van der Waals surface area contributed by atoms with Gasteiger partial charge in [-0.25, -0.2) is 4.79 Å². The van der Waals surface area contributed by atoms with Crippen LogP contribution in [0.5, 0.6) is 11.5 Å². The molecule has 0 fully saturated rings. The van der Waals surface area contributed by atoms with Crippen LogP contribution in [0, 0.1) is 6.92 Å². The Bertz CT molecular complexity index is 1130. The smallest absolute Gasteiger partial charge is 0.336 e. The van der Waals surface area contributed by atoms with Gasteiger partial charge in [0.25, 0.3) is 5.91 Å². The van der Waals surface area contributed by atoms with Crippen LogP contribution in [0.3, 0.4) is 0 Å². The van der Waals surface area contributed by atoms with E-state index in [0.29, 0.717) is 29.0 Å². The van der Waals surface area contributed by atoms with Gasteiger partial charge in [-0.1, -0.05) is 0 Å². The van der Waals surface area contributed by atoms with Gasteiger partial charge in [-0.05, 0) is 68.0 Å². The zero-order valence-electron chi connectivity index (χ0n) is 17.4. The summed E-state index contributed by atoms with van der Waals surface area (Å²) in [5, 5.41) is 7.67. The summed E-state index contributed by atoms with van der Waals surface area (Å²) in [4.78, 5) is 24.3. The Morgan fingerprint density at radius 3 is 2.93 bits per heavy atom. The zero-order chi connectivity index (χ0) is 21.3. The van der Waals surface area contributed by atoms with Crippen molar-refractivity contribution in [3.05, 3.63) is 56.1 Å². The fourth-order valence-electron chi connectivity index (χ4n) is 3.71. The Labute approximate surface area is 178 Å². The van der Waals surface area contributed by atoms with Crippen LogP contribution < -0.4 is 20.4 Å². The molecule has 0 spiro atoms. The summed E-state index contributed by atoms with van der Waals surface area (Å²) in [5.74, 6) is 0.920. The molecule has 0 atom stereocenters. The van der Waals surface area contributed by atoms with Crippen LogP contribution in [-0.4, -0.2) is 24.7 Å². The molecule has 1 aromatic carbocycles. The van der Waals surface area contributed by atoms with Gasteiger partial charge < -0.3 is 19.2 Å². The van der Waals surface area contributed by atoms with E-state index in [0.717, 1.165) is 30.4 Å². The molecule has 7 heteroatoms. The normalized spacial score (nSPS) is 14.8. The highest BCUT2D eigenvalue weighted by Gasteiger charge is 2.30. The molecule has 0 unspecified atom stereocenters. The Balaban J connectivity index is 1.55. The topological polar surface area (TPSA) is 77.8 Å². The van der Waals surface area contributed by atoms with Crippen molar-refractivity contribution in [2.45, 2.75) is 45.6 Å². The van der Waals surface area contributed by atoms with Crippen LogP contribution in [0.2, 0.25) is 0 Å². The van der Waals surface area contributed by atoms with E-state index in [4.69, 9.17) is 13.9 Å². The van der Waals surface area contributed by atoms with Gasteiger partial charge in [-0.2, -0.15) is 11.3 Å². The Kier molecular flexibility index (Phi) is 5.56. The minimum Gasteiger partial charge on any atom is -0.487 e. The molecule has 3 aromatic rings. The molecule has 1 aliphatic heterocycles. The Morgan fingerprint density at radius 1 is 1.33 bits per heavy atom. The molecular formula is C23H25NO5S. The van der Waals surface area contributed by atoms with Gasteiger partial charge in [0.1, 0.15) is 22.7 Å². The summed E-state index contributed by atoms with van der Waals surface area (Å²) < 4.78 is 17.5. The number of benzene rings is 1. The standard InChI is InChI=1S/C23H25NO5S/c1-14-10-20(26)28-22-16-4-7-23(2,3)29-17(16)11-18(21(14)22)27-12-19(25)24-8-5-15-6-9-30-13-15/h6,9-11,13H,4-5,7-8,12H2,1-3H3,(H,24,25). The van der Waals surface area contributed by atoms with Gasteiger partial charge in [0.05, 0.1) is 5.39 Å². The van der Waals surface area contributed by atoms with E-state index < -0.39 is 5.63 Å². The third-order valence-electron chi connectivity index (χ3n) is 5.28. The second-order valence-electron chi connectivity index (χ2n) is 8.19. The van der Waals surface area contributed by atoms with Crippen molar-refractivity contribution in [1.82, 2.24) is 5.32 Å². The minimum atomic E-state index is -0.407. The average molecular weight is 428 g/mol. The number of rotatable bonds is 6. The summed E-state index contributed by atoms with van der Waals surface area (Å²) in [6.07, 6.45) is 2.35. The lowest BCUT2D eigenvalue weighted by atomic mass is 9.92. The van der Waals surface area contributed by atoms with Gasteiger partial charge in [-0.15, -0.1) is 0 Å². The van der Waals surface area contributed by atoms with Crippen molar-refractivity contribution in [3.63, 3.8) is 0 Å². The van der Waals surface area contributed by atoms with Crippen molar-refractivity contribution in [3.8, 4) is 11.5 Å². The van der Waals surface area contributed by atoms with Crippen LogP contribution in [0.4, 0.5) is 0 Å². The minimum absolute atomic E-state index is 0.126. The number of hydrogen-bond donors (Lipinski definition) is 1. The number of nitrogens with one attached hydrogen (secondary N) is 1. The first kappa shape index (κ1) is 20.5. The number of hydrogen-bond acceptors (Lipinski definition) is 6. The van der Waals surface area contributed by atoms with E-state index in [1.54, 1.807) is 11.3 Å². The lowest BCUT2D eigenvalue weighted by molar-refractivity contribution is -0.123.